The standard InChI is InChI=1S/C21H19FN2O6/c1-2-29-21(28)15-18(26)16-17-19(30-14(10-25)9-24(17)20(15)27)12(8-23-16)7-11-3-5-13(22)6-4-11/h3-6,8,14,25-26H,2,7,9-10H2,1H3. The lowest BCUT2D eigenvalue weighted by molar-refractivity contribution is 0.0518. The number of esters is 1. The summed E-state index contributed by atoms with van der Waals surface area (Å²) in [6, 6.07) is 5.90. The molecule has 3 aromatic rings. The van der Waals surface area contributed by atoms with Crippen molar-refractivity contribution in [2.75, 3.05) is 13.2 Å². The number of hydrogen-bond donors (Lipinski definition) is 2. The Morgan fingerprint density at radius 3 is 2.77 bits per heavy atom. The zero-order chi connectivity index (χ0) is 21.4. The van der Waals surface area contributed by atoms with Gasteiger partial charge in [0, 0.05) is 18.2 Å². The van der Waals surface area contributed by atoms with Gasteiger partial charge in [0.15, 0.2) is 17.1 Å². The molecule has 0 aliphatic carbocycles. The molecule has 1 aromatic carbocycles. The quantitative estimate of drug-likeness (QED) is 0.612. The first-order chi connectivity index (χ1) is 14.4. The van der Waals surface area contributed by atoms with Crippen molar-refractivity contribution >= 4 is 17.0 Å². The van der Waals surface area contributed by atoms with E-state index in [1.165, 1.54) is 22.9 Å². The van der Waals surface area contributed by atoms with Crippen molar-refractivity contribution in [2.24, 2.45) is 0 Å². The molecule has 0 bridgehead atoms. The molecule has 0 spiro atoms. The highest BCUT2D eigenvalue weighted by Gasteiger charge is 2.31. The second-order valence-corrected chi connectivity index (χ2v) is 6.90. The Labute approximate surface area is 170 Å². The molecule has 4 rings (SSSR count). The van der Waals surface area contributed by atoms with Gasteiger partial charge in [-0.2, -0.15) is 0 Å². The topological polar surface area (TPSA) is 111 Å². The maximum Gasteiger partial charge on any atom is 0.347 e. The first-order valence-corrected chi connectivity index (χ1v) is 9.41. The molecular formula is C21H19FN2O6. The highest BCUT2D eigenvalue weighted by Crippen LogP contribution is 2.37. The second kappa shape index (κ2) is 7.75. The first-order valence-electron chi connectivity index (χ1n) is 9.41. The fraction of sp³-hybridized carbons (Fsp3) is 0.286. The van der Waals surface area contributed by atoms with Crippen LogP contribution in [0.5, 0.6) is 11.5 Å². The first kappa shape index (κ1) is 19.8. The Bertz CT molecular complexity index is 1190. The summed E-state index contributed by atoms with van der Waals surface area (Å²) in [5, 5.41) is 20.3. The summed E-state index contributed by atoms with van der Waals surface area (Å²) < 4.78 is 25.3. The van der Waals surface area contributed by atoms with E-state index in [1.807, 2.05) is 0 Å². The SMILES string of the molecule is CCOC(=O)c1c(O)c2ncc(Cc3ccc(F)cc3)c3c2n(c1=O)CC(CO)O3. The normalized spacial score (nSPS) is 15.1. The van der Waals surface area contributed by atoms with E-state index in [1.54, 1.807) is 19.1 Å². The fourth-order valence-corrected chi connectivity index (χ4v) is 3.55. The molecule has 0 saturated carbocycles. The molecule has 2 aromatic heterocycles. The summed E-state index contributed by atoms with van der Waals surface area (Å²) in [4.78, 5) is 29.5. The second-order valence-electron chi connectivity index (χ2n) is 6.90. The minimum absolute atomic E-state index is 0.0203. The number of aliphatic hydroxyl groups excluding tert-OH is 1. The molecule has 1 unspecified atom stereocenters. The van der Waals surface area contributed by atoms with Gasteiger partial charge in [-0.3, -0.25) is 14.3 Å². The van der Waals surface area contributed by atoms with E-state index < -0.39 is 28.9 Å². The van der Waals surface area contributed by atoms with Crippen LogP contribution in [0.25, 0.3) is 11.0 Å². The Kier molecular flexibility index (Phi) is 5.13. The zero-order valence-electron chi connectivity index (χ0n) is 16.1. The van der Waals surface area contributed by atoms with Crippen LogP contribution in [0.2, 0.25) is 0 Å². The van der Waals surface area contributed by atoms with Gasteiger partial charge in [-0.1, -0.05) is 12.1 Å². The van der Waals surface area contributed by atoms with E-state index >= 15 is 0 Å². The molecule has 0 saturated heterocycles. The van der Waals surface area contributed by atoms with Crippen LogP contribution in [0, 0.1) is 5.82 Å². The Morgan fingerprint density at radius 1 is 1.37 bits per heavy atom. The summed E-state index contributed by atoms with van der Waals surface area (Å²) in [5.74, 6) is -1.61. The predicted molar refractivity (Wildman–Crippen MR) is 104 cm³/mol. The van der Waals surface area contributed by atoms with E-state index in [4.69, 9.17) is 9.47 Å². The Morgan fingerprint density at radius 2 is 2.10 bits per heavy atom. The highest BCUT2D eigenvalue weighted by atomic mass is 19.1. The van der Waals surface area contributed by atoms with Gasteiger partial charge in [0.25, 0.3) is 5.56 Å². The maximum absolute atomic E-state index is 13.2. The third-order valence-electron chi connectivity index (χ3n) is 4.93. The van der Waals surface area contributed by atoms with Gasteiger partial charge >= 0.3 is 5.97 Å². The van der Waals surface area contributed by atoms with Crippen LogP contribution < -0.4 is 10.3 Å². The van der Waals surface area contributed by atoms with Gasteiger partial charge in [0.1, 0.15) is 23.0 Å². The van der Waals surface area contributed by atoms with Crippen molar-refractivity contribution < 1.29 is 28.9 Å². The number of aromatic hydroxyl groups is 1. The van der Waals surface area contributed by atoms with Crippen molar-refractivity contribution in [1.82, 2.24) is 9.55 Å². The largest absolute Gasteiger partial charge is 0.505 e. The molecule has 156 valence electrons. The number of benzene rings is 1. The number of nitrogens with zero attached hydrogens (tertiary/aromatic N) is 2. The minimum atomic E-state index is -0.948. The minimum Gasteiger partial charge on any atom is -0.505 e. The highest BCUT2D eigenvalue weighted by molar-refractivity contribution is 6.00. The summed E-state index contributed by atoms with van der Waals surface area (Å²) in [5.41, 5.74) is 0.366. The lowest BCUT2D eigenvalue weighted by Gasteiger charge is -2.28. The average Bonchev–Trinajstić information content (AvgIpc) is 2.74. The molecule has 9 heteroatoms. The molecule has 30 heavy (non-hydrogen) atoms. The molecular weight excluding hydrogens is 395 g/mol. The molecule has 0 amide bonds. The lowest BCUT2D eigenvalue weighted by Crippen LogP contribution is -2.39. The summed E-state index contributed by atoms with van der Waals surface area (Å²) in [6.07, 6.45) is 1.06. The van der Waals surface area contributed by atoms with Gasteiger partial charge in [0.2, 0.25) is 0 Å². The molecule has 0 radical (unpaired) electrons. The van der Waals surface area contributed by atoms with Crippen molar-refractivity contribution in [2.45, 2.75) is 26.0 Å². The molecule has 1 atom stereocenters. The summed E-state index contributed by atoms with van der Waals surface area (Å²) in [7, 11) is 0. The van der Waals surface area contributed by atoms with Crippen molar-refractivity contribution in [1.29, 1.82) is 0 Å². The molecule has 3 heterocycles. The van der Waals surface area contributed by atoms with Gasteiger partial charge in [0.05, 0.1) is 19.8 Å². The van der Waals surface area contributed by atoms with Gasteiger partial charge in [-0.15, -0.1) is 0 Å². The number of halogens is 1. The fourth-order valence-electron chi connectivity index (χ4n) is 3.55. The van der Waals surface area contributed by atoms with Crippen molar-refractivity contribution in [3.63, 3.8) is 0 Å². The third-order valence-corrected chi connectivity index (χ3v) is 4.93. The molecule has 0 fully saturated rings. The average molecular weight is 414 g/mol. The van der Waals surface area contributed by atoms with E-state index in [9.17, 15) is 24.2 Å². The van der Waals surface area contributed by atoms with Crippen LogP contribution in [0.1, 0.15) is 28.4 Å². The number of aromatic nitrogens is 2. The predicted octanol–water partition coefficient (Wildman–Crippen LogP) is 1.76. The molecule has 8 nitrogen and oxygen atoms in total. The molecule has 1 aliphatic heterocycles. The van der Waals surface area contributed by atoms with Crippen LogP contribution in [0.3, 0.4) is 0 Å². The van der Waals surface area contributed by atoms with Gasteiger partial charge < -0.3 is 19.7 Å². The number of ether oxygens (including phenoxy) is 2. The number of pyridine rings is 2. The van der Waals surface area contributed by atoms with Crippen molar-refractivity contribution in [3.8, 4) is 11.5 Å². The number of carbonyl (C=O) groups excluding carboxylic acids is 1. The number of hydrogen-bond acceptors (Lipinski definition) is 7. The van der Waals surface area contributed by atoms with E-state index in [0.29, 0.717) is 12.0 Å². The summed E-state index contributed by atoms with van der Waals surface area (Å²) in [6.45, 7) is 1.24. The van der Waals surface area contributed by atoms with Crippen LogP contribution in [0.4, 0.5) is 4.39 Å². The number of aliphatic hydroxyl groups is 1. The summed E-state index contributed by atoms with van der Waals surface area (Å²) >= 11 is 0. The van der Waals surface area contributed by atoms with Gasteiger partial charge in [-0.05, 0) is 24.6 Å². The molecule has 2 N–H and O–H groups in total. The van der Waals surface area contributed by atoms with Crippen LogP contribution in [0.15, 0.2) is 35.3 Å². The van der Waals surface area contributed by atoms with E-state index in [-0.39, 0.29) is 42.4 Å². The maximum atomic E-state index is 13.2. The van der Waals surface area contributed by atoms with Crippen LogP contribution >= 0.6 is 0 Å². The monoisotopic (exact) mass is 414 g/mol. The lowest BCUT2D eigenvalue weighted by atomic mass is 10.0. The number of rotatable bonds is 5. The van der Waals surface area contributed by atoms with Crippen LogP contribution in [-0.2, 0) is 17.7 Å². The van der Waals surface area contributed by atoms with E-state index in [0.717, 1.165) is 5.56 Å². The van der Waals surface area contributed by atoms with Gasteiger partial charge in [-0.25, -0.2) is 9.18 Å². The smallest absolute Gasteiger partial charge is 0.347 e. The third kappa shape index (κ3) is 3.26. The number of carbonyl (C=O) groups is 1. The Hall–Kier alpha value is -3.46. The van der Waals surface area contributed by atoms with E-state index in [2.05, 4.69) is 4.98 Å². The zero-order valence-corrected chi connectivity index (χ0v) is 16.1. The molecule has 1 aliphatic rings. The van der Waals surface area contributed by atoms with Crippen LogP contribution in [-0.4, -0.2) is 45.1 Å². The Balaban J connectivity index is 1.94. The van der Waals surface area contributed by atoms with Crippen molar-refractivity contribution in [3.05, 3.63) is 63.3 Å².